The number of fused-ring (bicyclic) bond motifs is 1. The van der Waals surface area contributed by atoms with Gasteiger partial charge < -0.3 is 4.90 Å². The van der Waals surface area contributed by atoms with Gasteiger partial charge in [-0.25, -0.2) is 0 Å². The van der Waals surface area contributed by atoms with Crippen molar-refractivity contribution in [2.75, 3.05) is 31.1 Å². The Morgan fingerprint density at radius 3 is 2.50 bits per heavy atom. The van der Waals surface area contributed by atoms with Gasteiger partial charge in [0.25, 0.3) is 0 Å². The third kappa shape index (κ3) is 3.13. The highest BCUT2D eigenvalue weighted by molar-refractivity contribution is 5.94. The summed E-state index contributed by atoms with van der Waals surface area (Å²) in [6.07, 6.45) is 1.99. The van der Waals surface area contributed by atoms with Crippen LogP contribution in [0, 0.1) is 6.92 Å². The smallest absolute Gasteiger partial charge is 0.0448 e. The Bertz CT molecular complexity index is 821. The molecule has 3 nitrogen and oxygen atoms in total. The van der Waals surface area contributed by atoms with Crippen molar-refractivity contribution in [1.82, 2.24) is 9.88 Å². The number of aryl methyl sites for hydroxylation is 1. The minimum Gasteiger partial charge on any atom is -0.368 e. The predicted octanol–water partition coefficient (Wildman–Crippen LogP) is 3.87. The van der Waals surface area contributed by atoms with Crippen LogP contribution in [0.5, 0.6) is 0 Å². The third-order valence-corrected chi connectivity index (χ3v) is 4.84. The molecule has 2 aromatic carbocycles. The molecule has 0 atom stereocenters. The summed E-state index contributed by atoms with van der Waals surface area (Å²) >= 11 is 0. The number of benzene rings is 2. The zero-order chi connectivity index (χ0) is 16.4. The predicted molar refractivity (Wildman–Crippen MR) is 100 cm³/mol. The number of anilines is 1. The molecule has 0 unspecified atom stereocenters. The van der Waals surface area contributed by atoms with Crippen LogP contribution in [-0.2, 0) is 6.54 Å². The molecular weight excluding hydrogens is 294 g/mol. The maximum Gasteiger partial charge on any atom is 0.0448 e. The molecule has 3 heteroatoms. The van der Waals surface area contributed by atoms with E-state index in [1.807, 2.05) is 6.20 Å². The van der Waals surface area contributed by atoms with E-state index in [-0.39, 0.29) is 0 Å². The highest BCUT2D eigenvalue weighted by Gasteiger charge is 2.18. The van der Waals surface area contributed by atoms with Gasteiger partial charge in [-0.3, -0.25) is 9.88 Å². The molecule has 0 aliphatic carbocycles. The molecule has 0 saturated carbocycles. The molecule has 24 heavy (non-hydrogen) atoms. The molecule has 1 saturated heterocycles. The van der Waals surface area contributed by atoms with Crippen molar-refractivity contribution in [3.63, 3.8) is 0 Å². The Labute approximate surface area is 143 Å². The van der Waals surface area contributed by atoms with Gasteiger partial charge in [0.2, 0.25) is 0 Å². The SMILES string of the molecule is Cc1cc2c(N3CCN(Cc4ccccc4)CC3)cccc2cn1. The van der Waals surface area contributed by atoms with E-state index >= 15 is 0 Å². The Morgan fingerprint density at radius 2 is 1.71 bits per heavy atom. The van der Waals surface area contributed by atoms with Crippen molar-refractivity contribution >= 4 is 16.5 Å². The number of pyridine rings is 1. The Balaban J connectivity index is 1.49. The van der Waals surface area contributed by atoms with Gasteiger partial charge in [-0.05, 0) is 24.6 Å². The van der Waals surface area contributed by atoms with Crippen molar-refractivity contribution in [2.24, 2.45) is 0 Å². The topological polar surface area (TPSA) is 19.4 Å². The largest absolute Gasteiger partial charge is 0.368 e. The van der Waals surface area contributed by atoms with Gasteiger partial charge in [-0.2, -0.15) is 0 Å². The van der Waals surface area contributed by atoms with Crippen LogP contribution in [-0.4, -0.2) is 36.1 Å². The van der Waals surface area contributed by atoms with Crippen LogP contribution in [0.2, 0.25) is 0 Å². The molecule has 1 fully saturated rings. The quantitative estimate of drug-likeness (QED) is 0.731. The number of hydrogen-bond donors (Lipinski definition) is 0. The van der Waals surface area contributed by atoms with E-state index in [0.717, 1.165) is 38.4 Å². The minimum atomic E-state index is 1.05. The molecule has 1 aliphatic heterocycles. The fraction of sp³-hybridized carbons (Fsp3) is 0.286. The van der Waals surface area contributed by atoms with Crippen LogP contribution in [0.4, 0.5) is 5.69 Å². The van der Waals surface area contributed by atoms with Gasteiger partial charge in [0.15, 0.2) is 0 Å². The summed E-state index contributed by atoms with van der Waals surface area (Å²) in [5.74, 6) is 0. The van der Waals surface area contributed by atoms with E-state index in [0.29, 0.717) is 0 Å². The van der Waals surface area contributed by atoms with Crippen LogP contribution in [0.15, 0.2) is 60.8 Å². The first-order valence-corrected chi connectivity index (χ1v) is 8.66. The highest BCUT2D eigenvalue weighted by atomic mass is 15.3. The number of aromatic nitrogens is 1. The second kappa shape index (κ2) is 6.62. The van der Waals surface area contributed by atoms with E-state index in [1.165, 1.54) is 22.0 Å². The first-order valence-electron chi connectivity index (χ1n) is 8.66. The molecular formula is C21H23N3. The Kier molecular flexibility index (Phi) is 4.18. The maximum atomic E-state index is 4.43. The van der Waals surface area contributed by atoms with Crippen LogP contribution < -0.4 is 4.90 Å². The number of hydrogen-bond acceptors (Lipinski definition) is 3. The lowest BCUT2D eigenvalue weighted by molar-refractivity contribution is 0.250. The number of rotatable bonds is 3. The minimum absolute atomic E-state index is 1.05. The molecule has 122 valence electrons. The van der Waals surface area contributed by atoms with E-state index < -0.39 is 0 Å². The fourth-order valence-electron chi connectivity index (χ4n) is 3.52. The van der Waals surface area contributed by atoms with Gasteiger partial charge >= 0.3 is 0 Å². The van der Waals surface area contributed by atoms with Crippen molar-refractivity contribution in [2.45, 2.75) is 13.5 Å². The first kappa shape index (κ1) is 15.2. The van der Waals surface area contributed by atoms with Gasteiger partial charge in [0, 0.05) is 61.1 Å². The van der Waals surface area contributed by atoms with Crippen molar-refractivity contribution in [3.8, 4) is 0 Å². The third-order valence-electron chi connectivity index (χ3n) is 4.84. The molecule has 3 aromatic rings. The standard InChI is InChI=1S/C21H23N3/c1-17-14-20-19(15-22-17)8-5-9-21(20)24-12-10-23(11-13-24)16-18-6-3-2-4-7-18/h2-9,14-15H,10-13,16H2,1H3. The average molecular weight is 317 g/mol. The zero-order valence-electron chi connectivity index (χ0n) is 14.2. The van der Waals surface area contributed by atoms with Crippen molar-refractivity contribution in [3.05, 3.63) is 72.1 Å². The van der Waals surface area contributed by atoms with E-state index in [4.69, 9.17) is 0 Å². The van der Waals surface area contributed by atoms with E-state index in [2.05, 4.69) is 76.3 Å². The van der Waals surface area contributed by atoms with Gasteiger partial charge in [0.05, 0.1) is 0 Å². The van der Waals surface area contributed by atoms with Crippen molar-refractivity contribution in [1.29, 1.82) is 0 Å². The molecule has 0 N–H and O–H groups in total. The molecule has 2 heterocycles. The summed E-state index contributed by atoms with van der Waals surface area (Å²) in [5.41, 5.74) is 3.83. The summed E-state index contributed by atoms with van der Waals surface area (Å²) in [6.45, 7) is 7.48. The van der Waals surface area contributed by atoms with Crippen LogP contribution in [0.3, 0.4) is 0 Å². The summed E-state index contributed by atoms with van der Waals surface area (Å²) in [5, 5.41) is 2.55. The van der Waals surface area contributed by atoms with E-state index in [9.17, 15) is 0 Å². The normalized spacial score (nSPS) is 15.8. The summed E-state index contributed by atoms with van der Waals surface area (Å²) in [6, 6.07) is 19.5. The maximum absolute atomic E-state index is 4.43. The average Bonchev–Trinajstić information content (AvgIpc) is 2.63. The summed E-state index contributed by atoms with van der Waals surface area (Å²) in [7, 11) is 0. The Hall–Kier alpha value is -2.39. The van der Waals surface area contributed by atoms with E-state index in [1.54, 1.807) is 0 Å². The summed E-state index contributed by atoms with van der Waals surface area (Å²) in [4.78, 5) is 9.49. The number of nitrogens with zero attached hydrogens (tertiary/aromatic N) is 3. The molecule has 1 aromatic heterocycles. The van der Waals surface area contributed by atoms with Crippen LogP contribution in [0.1, 0.15) is 11.3 Å². The highest BCUT2D eigenvalue weighted by Crippen LogP contribution is 2.28. The van der Waals surface area contributed by atoms with Gasteiger partial charge in [-0.1, -0.05) is 42.5 Å². The lowest BCUT2D eigenvalue weighted by Gasteiger charge is -2.36. The fourth-order valence-corrected chi connectivity index (χ4v) is 3.52. The molecule has 0 amide bonds. The lowest BCUT2D eigenvalue weighted by Crippen LogP contribution is -2.46. The summed E-state index contributed by atoms with van der Waals surface area (Å²) < 4.78 is 0. The van der Waals surface area contributed by atoms with Crippen LogP contribution in [0.25, 0.3) is 10.8 Å². The molecule has 0 spiro atoms. The Morgan fingerprint density at radius 1 is 0.917 bits per heavy atom. The molecule has 0 bridgehead atoms. The molecule has 4 rings (SSSR count). The van der Waals surface area contributed by atoms with Gasteiger partial charge in [-0.15, -0.1) is 0 Å². The van der Waals surface area contributed by atoms with Crippen LogP contribution >= 0.6 is 0 Å². The second-order valence-corrected chi connectivity index (χ2v) is 6.57. The lowest BCUT2D eigenvalue weighted by atomic mass is 10.1. The molecule has 0 radical (unpaired) electrons. The molecule has 1 aliphatic rings. The van der Waals surface area contributed by atoms with Gasteiger partial charge in [0.1, 0.15) is 0 Å². The second-order valence-electron chi connectivity index (χ2n) is 6.57. The monoisotopic (exact) mass is 317 g/mol. The number of piperazine rings is 1. The first-order chi connectivity index (χ1) is 11.8. The van der Waals surface area contributed by atoms with Crippen molar-refractivity contribution < 1.29 is 0 Å². The zero-order valence-corrected chi connectivity index (χ0v) is 14.2.